The van der Waals surface area contributed by atoms with Crippen LogP contribution < -0.4 is 19.7 Å². The molecule has 2 aromatic rings. The van der Waals surface area contributed by atoms with E-state index in [1.165, 1.54) is 7.11 Å². The minimum absolute atomic E-state index is 0.143. The number of ether oxygens (including phenoxy) is 3. The highest BCUT2D eigenvalue weighted by molar-refractivity contribution is 5.90. The molecule has 3 rings (SSSR count). The number of nitrogens with one attached hydrogen (secondary N) is 1. The van der Waals surface area contributed by atoms with E-state index in [-0.39, 0.29) is 12.3 Å². The summed E-state index contributed by atoms with van der Waals surface area (Å²) < 4.78 is 15.9. The highest BCUT2D eigenvalue weighted by Gasteiger charge is 2.16. The smallest absolute Gasteiger partial charge is 0.224 e. The van der Waals surface area contributed by atoms with Gasteiger partial charge in [-0.05, 0) is 42.8 Å². The number of aliphatic hydroxyl groups is 1. The topological polar surface area (TPSA) is 80.3 Å². The zero-order valence-corrected chi connectivity index (χ0v) is 16.9. The third-order valence-electron chi connectivity index (χ3n) is 4.97. The van der Waals surface area contributed by atoms with Crippen LogP contribution in [0.1, 0.15) is 24.5 Å². The molecule has 1 heterocycles. The van der Waals surface area contributed by atoms with Crippen molar-refractivity contribution in [3.8, 4) is 11.5 Å². The number of amides is 1. The fourth-order valence-corrected chi connectivity index (χ4v) is 3.32. The fraction of sp³-hybridized carbons (Fsp3) is 0.409. The van der Waals surface area contributed by atoms with Crippen LogP contribution >= 0.6 is 0 Å². The van der Waals surface area contributed by atoms with Crippen LogP contribution in [0.2, 0.25) is 0 Å². The molecule has 7 heteroatoms. The second-order valence-corrected chi connectivity index (χ2v) is 6.86. The summed E-state index contributed by atoms with van der Waals surface area (Å²) in [5, 5.41) is 13.4. The van der Waals surface area contributed by atoms with Gasteiger partial charge in [0.15, 0.2) is 0 Å². The highest BCUT2D eigenvalue weighted by atomic mass is 16.5. The lowest BCUT2D eigenvalue weighted by molar-refractivity contribution is -0.116. The Kier molecular flexibility index (Phi) is 7.32. The van der Waals surface area contributed by atoms with Crippen LogP contribution in [0.25, 0.3) is 0 Å². The van der Waals surface area contributed by atoms with E-state index >= 15 is 0 Å². The van der Waals surface area contributed by atoms with Crippen molar-refractivity contribution in [2.45, 2.75) is 18.9 Å². The van der Waals surface area contributed by atoms with Crippen LogP contribution in [0.15, 0.2) is 42.5 Å². The molecule has 0 aromatic heterocycles. The number of nitrogens with zero attached hydrogens (tertiary/aromatic N) is 1. The maximum atomic E-state index is 12.3. The minimum Gasteiger partial charge on any atom is -0.497 e. The molecule has 1 saturated heterocycles. The van der Waals surface area contributed by atoms with Crippen LogP contribution in [0.4, 0.5) is 11.4 Å². The Morgan fingerprint density at radius 3 is 2.52 bits per heavy atom. The summed E-state index contributed by atoms with van der Waals surface area (Å²) in [6.07, 6.45) is -0.313. The third-order valence-corrected chi connectivity index (χ3v) is 4.97. The Bertz CT molecular complexity index is 803. The van der Waals surface area contributed by atoms with E-state index in [0.717, 1.165) is 37.7 Å². The number of hydrogen-bond donors (Lipinski definition) is 2. The van der Waals surface area contributed by atoms with Gasteiger partial charge < -0.3 is 29.5 Å². The van der Waals surface area contributed by atoms with Crippen molar-refractivity contribution in [2.75, 3.05) is 50.7 Å². The first kappa shape index (κ1) is 21.0. The standard InChI is InChI=1S/C22H28N2O5/c1-27-18-7-8-19(21(15-18)28-2)20(25)9-10-22(26)23-16-3-5-17(6-4-16)24-11-13-29-14-12-24/h3-8,15,20,25H,9-14H2,1-2H3,(H,23,26). The summed E-state index contributed by atoms with van der Waals surface area (Å²) in [5.74, 6) is 1.04. The summed E-state index contributed by atoms with van der Waals surface area (Å²) in [7, 11) is 3.11. The second kappa shape index (κ2) is 10.1. The maximum absolute atomic E-state index is 12.3. The van der Waals surface area contributed by atoms with Crippen LogP contribution in [0.3, 0.4) is 0 Å². The van der Waals surface area contributed by atoms with Gasteiger partial charge >= 0.3 is 0 Å². The van der Waals surface area contributed by atoms with Crippen molar-refractivity contribution in [1.82, 2.24) is 0 Å². The molecular weight excluding hydrogens is 372 g/mol. The Labute approximate surface area is 171 Å². The number of anilines is 2. The van der Waals surface area contributed by atoms with Gasteiger partial charge in [0.2, 0.25) is 5.91 Å². The lowest BCUT2D eigenvalue weighted by atomic mass is 10.0. The summed E-state index contributed by atoms with van der Waals surface area (Å²) in [4.78, 5) is 14.5. The zero-order chi connectivity index (χ0) is 20.6. The molecule has 29 heavy (non-hydrogen) atoms. The number of methoxy groups -OCH3 is 2. The SMILES string of the molecule is COc1ccc(C(O)CCC(=O)Nc2ccc(N3CCOCC3)cc2)c(OC)c1. The molecule has 1 aliphatic heterocycles. The van der Waals surface area contributed by atoms with E-state index in [4.69, 9.17) is 14.2 Å². The largest absolute Gasteiger partial charge is 0.497 e. The van der Waals surface area contributed by atoms with Crippen LogP contribution in [-0.4, -0.2) is 51.5 Å². The van der Waals surface area contributed by atoms with E-state index in [9.17, 15) is 9.90 Å². The monoisotopic (exact) mass is 400 g/mol. The molecule has 0 radical (unpaired) electrons. The molecule has 1 amide bonds. The van der Waals surface area contributed by atoms with Crippen molar-refractivity contribution in [2.24, 2.45) is 0 Å². The summed E-state index contributed by atoms with van der Waals surface area (Å²) in [6, 6.07) is 13.0. The van der Waals surface area contributed by atoms with Crippen molar-refractivity contribution in [3.05, 3.63) is 48.0 Å². The number of aliphatic hydroxyl groups excluding tert-OH is 1. The van der Waals surface area contributed by atoms with Crippen LogP contribution in [0.5, 0.6) is 11.5 Å². The Morgan fingerprint density at radius 1 is 1.14 bits per heavy atom. The van der Waals surface area contributed by atoms with Gasteiger partial charge in [0.1, 0.15) is 11.5 Å². The van der Waals surface area contributed by atoms with E-state index < -0.39 is 6.10 Å². The molecule has 0 spiro atoms. The predicted octanol–water partition coefficient (Wildman–Crippen LogP) is 2.99. The number of morpholine rings is 1. The summed E-state index contributed by atoms with van der Waals surface area (Å²) >= 11 is 0. The van der Waals surface area contributed by atoms with Crippen molar-refractivity contribution >= 4 is 17.3 Å². The van der Waals surface area contributed by atoms with Crippen molar-refractivity contribution < 1.29 is 24.1 Å². The first-order valence-corrected chi connectivity index (χ1v) is 9.73. The molecule has 2 aromatic carbocycles. The first-order valence-electron chi connectivity index (χ1n) is 9.73. The lowest BCUT2D eigenvalue weighted by Crippen LogP contribution is -2.36. The third kappa shape index (κ3) is 5.62. The van der Waals surface area contributed by atoms with Gasteiger partial charge in [0.05, 0.1) is 33.5 Å². The van der Waals surface area contributed by atoms with Gasteiger partial charge in [-0.15, -0.1) is 0 Å². The second-order valence-electron chi connectivity index (χ2n) is 6.86. The average molecular weight is 400 g/mol. The van der Waals surface area contributed by atoms with Crippen LogP contribution in [0, 0.1) is 0 Å². The van der Waals surface area contributed by atoms with Crippen LogP contribution in [-0.2, 0) is 9.53 Å². The molecule has 1 fully saturated rings. The molecular formula is C22H28N2O5. The van der Waals surface area contributed by atoms with Gasteiger partial charge in [-0.2, -0.15) is 0 Å². The van der Waals surface area contributed by atoms with Crippen molar-refractivity contribution in [3.63, 3.8) is 0 Å². The minimum atomic E-state index is -0.801. The average Bonchev–Trinajstić information content (AvgIpc) is 2.78. The Hall–Kier alpha value is -2.77. The number of hydrogen-bond acceptors (Lipinski definition) is 6. The Morgan fingerprint density at radius 2 is 1.86 bits per heavy atom. The van der Waals surface area contributed by atoms with Gasteiger partial charge in [0, 0.05) is 42.5 Å². The number of carbonyl (C=O) groups excluding carboxylic acids is 1. The van der Waals surface area contributed by atoms with E-state index in [1.54, 1.807) is 25.3 Å². The van der Waals surface area contributed by atoms with Gasteiger partial charge in [-0.1, -0.05) is 0 Å². The maximum Gasteiger partial charge on any atom is 0.224 e. The number of rotatable bonds is 8. The summed E-state index contributed by atoms with van der Waals surface area (Å²) in [6.45, 7) is 3.22. The molecule has 7 nitrogen and oxygen atoms in total. The molecule has 0 bridgehead atoms. The molecule has 0 aliphatic carbocycles. The van der Waals surface area contributed by atoms with E-state index in [2.05, 4.69) is 10.2 Å². The Balaban J connectivity index is 1.51. The molecule has 2 N–H and O–H groups in total. The van der Waals surface area contributed by atoms with Gasteiger partial charge in [-0.3, -0.25) is 4.79 Å². The highest BCUT2D eigenvalue weighted by Crippen LogP contribution is 2.31. The van der Waals surface area contributed by atoms with Gasteiger partial charge in [-0.25, -0.2) is 0 Å². The predicted molar refractivity (Wildman–Crippen MR) is 112 cm³/mol. The molecule has 1 unspecified atom stereocenters. The van der Waals surface area contributed by atoms with E-state index in [0.29, 0.717) is 23.5 Å². The molecule has 1 atom stereocenters. The lowest BCUT2D eigenvalue weighted by Gasteiger charge is -2.28. The quantitative estimate of drug-likeness (QED) is 0.709. The molecule has 1 aliphatic rings. The van der Waals surface area contributed by atoms with Crippen molar-refractivity contribution in [1.29, 1.82) is 0 Å². The fourth-order valence-electron chi connectivity index (χ4n) is 3.32. The first-order chi connectivity index (χ1) is 14.1. The number of benzene rings is 2. The number of carbonyl (C=O) groups is 1. The zero-order valence-electron chi connectivity index (χ0n) is 16.9. The van der Waals surface area contributed by atoms with E-state index in [1.807, 2.05) is 24.3 Å². The summed E-state index contributed by atoms with van der Waals surface area (Å²) in [5.41, 5.74) is 2.49. The normalized spacial score (nSPS) is 14.9. The molecule has 0 saturated carbocycles. The van der Waals surface area contributed by atoms with Gasteiger partial charge in [0.25, 0.3) is 0 Å². The molecule has 156 valence electrons.